The van der Waals surface area contributed by atoms with Crippen molar-refractivity contribution in [2.45, 2.75) is 13.5 Å². The molecule has 2 aromatic heterocycles. The summed E-state index contributed by atoms with van der Waals surface area (Å²) in [5.74, 6) is 1.23. The average molecular weight is 282 g/mol. The van der Waals surface area contributed by atoms with Gasteiger partial charge in [-0.05, 0) is 19.1 Å². The summed E-state index contributed by atoms with van der Waals surface area (Å²) in [6.07, 6.45) is 0. The third-order valence-corrected chi connectivity index (χ3v) is 3.08. The molecule has 0 aliphatic heterocycles. The van der Waals surface area contributed by atoms with E-state index in [0.717, 1.165) is 5.69 Å². The predicted octanol–water partition coefficient (Wildman–Crippen LogP) is 0.980. The molecule has 1 N–H and O–H groups in total. The molecule has 0 spiro atoms. The molecular weight excluding hydrogens is 268 g/mol. The van der Waals surface area contributed by atoms with Crippen molar-refractivity contribution in [1.82, 2.24) is 25.0 Å². The van der Waals surface area contributed by atoms with Crippen molar-refractivity contribution in [3.63, 3.8) is 0 Å². The fourth-order valence-electron chi connectivity index (χ4n) is 2.09. The van der Waals surface area contributed by atoms with Crippen LogP contribution in [0.25, 0.3) is 10.9 Å². The van der Waals surface area contributed by atoms with Gasteiger partial charge >= 0.3 is 0 Å². The van der Waals surface area contributed by atoms with Gasteiger partial charge in [0.05, 0.1) is 5.39 Å². The highest BCUT2D eigenvalue weighted by Crippen LogP contribution is 2.07. The van der Waals surface area contributed by atoms with E-state index in [4.69, 9.17) is 0 Å². The zero-order chi connectivity index (χ0) is 14.8. The average Bonchev–Trinajstić information content (AvgIpc) is 2.50. The van der Waals surface area contributed by atoms with Gasteiger partial charge in [0.1, 0.15) is 17.9 Å². The molecule has 7 nitrogen and oxygen atoms in total. The largest absolute Gasteiger partial charge is 0.373 e. The van der Waals surface area contributed by atoms with Gasteiger partial charge in [-0.1, -0.05) is 17.3 Å². The number of nitrogens with zero attached hydrogens (tertiary/aromatic N) is 5. The fraction of sp³-hybridized carbons (Fsp3) is 0.214. The topological polar surface area (TPSA) is 85.6 Å². The highest BCUT2D eigenvalue weighted by Gasteiger charge is 2.08. The lowest BCUT2D eigenvalue weighted by Gasteiger charge is -2.07. The lowest BCUT2D eigenvalue weighted by molar-refractivity contribution is 0.580. The van der Waals surface area contributed by atoms with Crippen molar-refractivity contribution in [3.05, 3.63) is 52.2 Å². The minimum absolute atomic E-state index is 0.188. The summed E-state index contributed by atoms with van der Waals surface area (Å²) in [5, 5.41) is 11.5. The Bertz CT molecular complexity index is 857. The summed E-state index contributed by atoms with van der Waals surface area (Å²) in [4.78, 5) is 21.0. The molecular formula is C14H14N6O. The minimum atomic E-state index is -0.197. The second-order valence-electron chi connectivity index (χ2n) is 4.63. The first-order valence-corrected chi connectivity index (χ1v) is 6.52. The van der Waals surface area contributed by atoms with E-state index < -0.39 is 0 Å². The first kappa shape index (κ1) is 13.2. The maximum Gasteiger partial charge on any atom is 0.278 e. The predicted molar refractivity (Wildman–Crippen MR) is 79.2 cm³/mol. The van der Waals surface area contributed by atoms with E-state index in [2.05, 4.69) is 25.6 Å². The Balaban J connectivity index is 2.04. The number of hydrogen-bond acceptors (Lipinski definition) is 6. The minimum Gasteiger partial charge on any atom is -0.373 e. The van der Waals surface area contributed by atoms with E-state index in [0.29, 0.717) is 22.5 Å². The molecule has 0 saturated heterocycles. The van der Waals surface area contributed by atoms with Crippen LogP contribution in [0.3, 0.4) is 0 Å². The molecule has 0 bridgehead atoms. The van der Waals surface area contributed by atoms with Gasteiger partial charge in [-0.25, -0.2) is 14.6 Å². The van der Waals surface area contributed by atoms with Gasteiger partial charge < -0.3 is 5.32 Å². The SMILES string of the molecule is CNc1cc(C)nc(Cn2nnc3ccccc3c2=O)n1. The number of fused-ring (bicyclic) bond motifs is 1. The van der Waals surface area contributed by atoms with Crippen molar-refractivity contribution in [1.29, 1.82) is 0 Å². The van der Waals surface area contributed by atoms with Crippen molar-refractivity contribution in [2.75, 3.05) is 12.4 Å². The van der Waals surface area contributed by atoms with Gasteiger partial charge in [0.2, 0.25) is 0 Å². The Labute approximate surface area is 120 Å². The highest BCUT2D eigenvalue weighted by molar-refractivity contribution is 5.76. The molecule has 1 aromatic carbocycles. The van der Waals surface area contributed by atoms with Crippen molar-refractivity contribution < 1.29 is 0 Å². The standard InChI is InChI=1S/C14H14N6O/c1-9-7-12(15-2)17-13(16-9)8-20-14(21)10-5-3-4-6-11(10)18-19-20/h3-7H,8H2,1-2H3,(H,15,16,17). The molecule has 0 aliphatic rings. The summed E-state index contributed by atoms with van der Waals surface area (Å²) in [5.41, 5.74) is 1.21. The number of aromatic nitrogens is 5. The maximum atomic E-state index is 12.4. The molecule has 0 unspecified atom stereocenters. The molecule has 0 atom stereocenters. The Hall–Kier alpha value is -2.83. The zero-order valence-corrected chi connectivity index (χ0v) is 11.7. The number of rotatable bonds is 3. The Kier molecular flexibility index (Phi) is 3.31. The maximum absolute atomic E-state index is 12.4. The number of anilines is 1. The molecule has 0 saturated carbocycles. The second-order valence-corrected chi connectivity index (χ2v) is 4.63. The summed E-state index contributed by atoms with van der Waals surface area (Å²) in [7, 11) is 1.79. The summed E-state index contributed by atoms with van der Waals surface area (Å²) in [6, 6.07) is 8.95. The van der Waals surface area contributed by atoms with Crippen molar-refractivity contribution >= 4 is 16.7 Å². The van der Waals surface area contributed by atoms with Crippen LogP contribution in [0.2, 0.25) is 0 Å². The number of hydrogen-bond donors (Lipinski definition) is 1. The molecule has 0 fully saturated rings. The lowest BCUT2D eigenvalue weighted by atomic mass is 10.2. The van der Waals surface area contributed by atoms with Gasteiger partial charge in [0.25, 0.3) is 5.56 Å². The summed E-state index contributed by atoms with van der Waals surface area (Å²) in [6.45, 7) is 2.06. The van der Waals surface area contributed by atoms with Gasteiger partial charge in [-0.3, -0.25) is 4.79 Å². The smallest absolute Gasteiger partial charge is 0.278 e. The van der Waals surface area contributed by atoms with Crippen LogP contribution in [-0.2, 0) is 6.54 Å². The third kappa shape index (κ3) is 2.58. The van der Waals surface area contributed by atoms with Gasteiger partial charge in [-0.15, -0.1) is 5.10 Å². The monoisotopic (exact) mass is 282 g/mol. The van der Waals surface area contributed by atoms with Crippen LogP contribution in [0.1, 0.15) is 11.5 Å². The molecule has 0 aliphatic carbocycles. The van der Waals surface area contributed by atoms with Crippen LogP contribution in [0.15, 0.2) is 35.1 Å². The normalized spacial score (nSPS) is 10.8. The van der Waals surface area contributed by atoms with E-state index in [1.807, 2.05) is 19.1 Å². The molecule has 21 heavy (non-hydrogen) atoms. The van der Waals surface area contributed by atoms with E-state index in [1.54, 1.807) is 25.2 Å². The molecule has 0 amide bonds. The molecule has 106 valence electrons. The van der Waals surface area contributed by atoms with Crippen LogP contribution in [-0.4, -0.2) is 32.0 Å². The Morgan fingerprint density at radius 3 is 2.86 bits per heavy atom. The van der Waals surface area contributed by atoms with Crippen LogP contribution >= 0.6 is 0 Å². The lowest BCUT2D eigenvalue weighted by Crippen LogP contribution is -2.25. The van der Waals surface area contributed by atoms with Gasteiger partial charge in [-0.2, -0.15) is 0 Å². The number of benzene rings is 1. The quantitative estimate of drug-likeness (QED) is 0.770. The van der Waals surface area contributed by atoms with Gasteiger partial charge in [0.15, 0.2) is 5.82 Å². The molecule has 2 heterocycles. The second kappa shape index (κ2) is 5.28. The van der Waals surface area contributed by atoms with E-state index in [1.165, 1.54) is 4.68 Å². The number of aryl methyl sites for hydroxylation is 1. The van der Waals surface area contributed by atoms with E-state index in [-0.39, 0.29) is 12.1 Å². The highest BCUT2D eigenvalue weighted by atomic mass is 16.1. The third-order valence-electron chi connectivity index (χ3n) is 3.08. The Morgan fingerprint density at radius 1 is 1.24 bits per heavy atom. The first-order valence-electron chi connectivity index (χ1n) is 6.52. The van der Waals surface area contributed by atoms with Crippen molar-refractivity contribution in [2.24, 2.45) is 0 Å². The molecule has 3 rings (SSSR count). The van der Waals surface area contributed by atoms with Crippen LogP contribution in [0.5, 0.6) is 0 Å². The Morgan fingerprint density at radius 2 is 2.05 bits per heavy atom. The zero-order valence-electron chi connectivity index (χ0n) is 11.7. The molecule has 0 radical (unpaired) electrons. The van der Waals surface area contributed by atoms with E-state index in [9.17, 15) is 4.79 Å². The van der Waals surface area contributed by atoms with E-state index >= 15 is 0 Å². The van der Waals surface area contributed by atoms with Crippen LogP contribution in [0, 0.1) is 6.92 Å². The van der Waals surface area contributed by atoms with Crippen LogP contribution in [0.4, 0.5) is 5.82 Å². The fourth-order valence-corrected chi connectivity index (χ4v) is 2.09. The first-order chi connectivity index (χ1) is 10.2. The molecule has 7 heteroatoms. The van der Waals surface area contributed by atoms with Crippen LogP contribution < -0.4 is 10.9 Å². The summed E-state index contributed by atoms with van der Waals surface area (Å²) < 4.78 is 1.27. The number of nitrogens with one attached hydrogen (secondary N) is 1. The van der Waals surface area contributed by atoms with Crippen molar-refractivity contribution in [3.8, 4) is 0 Å². The summed E-state index contributed by atoms with van der Waals surface area (Å²) >= 11 is 0. The molecule has 3 aromatic rings. The van der Waals surface area contributed by atoms with Gasteiger partial charge in [0, 0.05) is 18.8 Å².